The molecule has 0 saturated heterocycles. The van der Waals surface area contributed by atoms with Crippen LogP contribution in [0.5, 0.6) is 0 Å². The highest BCUT2D eigenvalue weighted by atomic mass is 16.3. The zero-order valence-electron chi connectivity index (χ0n) is 10.8. The van der Waals surface area contributed by atoms with Gasteiger partial charge >= 0.3 is 0 Å². The number of aliphatic hydroxyl groups excluding tert-OH is 1. The van der Waals surface area contributed by atoms with Gasteiger partial charge in [0.05, 0.1) is 12.0 Å². The number of anilines is 1. The molecule has 100 valence electrons. The fraction of sp³-hybridized carbons (Fsp3) is 0.133. The van der Waals surface area contributed by atoms with Crippen LogP contribution in [0, 0.1) is 0 Å². The van der Waals surface area contributed by atoms with E-state index < -0.39 is 0 Å². The quantitative estimate of drug-likeness (QED) is 0.757. The molecule has 0 fully saturated rings. The lowest BCUT2D eigenvalue weighted by Gasteiger charge is -2.10. The van der Waals surface area contributed by atoms with E-state index in [9.17, 15) is 5.11 Å². The molecule has 5 nitrogen and oxygen atoms in total. The largest absolute Gasteiger partial charge is 0.392 e. The third-order valence-corrected chi connectivity index (χ3v) is 3.14. The Hall–Kier alpha value is -2.53. The molecular weight excluding hydrogens is 252 g/mol. The zero-order chi connectivity index (χ0) is 13.8. The number of rotatable bonds is 4. The van der Waals surface area contributed by atoms with E-state index in [2.05, 4.69) is 20.3 Å². The maximum absolute atomic E-state index is 9.32. The Morgan fingerprint density at radius 2 is 1.80 bits per heavy atom. The van der Waals surface area contributed by atoms with Gasteiger partial charge < -0.3 is 10.4 Å². The van der Waals surface area contributed by atoms with Crippen molar-refractivity contribution in [3.63, 3.8) is 0 Å². The first kappa shape index (κ1) is 12.5. The predicted molar refractivity (Wildman–Crippen MR) is 77.0 cm³/mol. The van der Waals surface area contributed by atoms with E-state index >= 15 is 0 Å². The summed E-state index contributed by atoms with van der Waals surface area (Å²) in [6.45, 7) is 0.627. The minimum absolute atomic E-state index is 0.0317. The van der Waals surface area contributed by atoms with Crippen molar-refractivity contribution >= 4 is 16.9 Å². The second kappa shape index (κ2) is 5.63. The van der Waals surface area contributed by atoms with Crippen molar-refractivity contribution in [2.45, 2.75) is 13.2 Å². The topological polar surface area (TPSA) is 70.9 Å². The first-order chi connectivity index (χ1) is 9.88. The number of fused-ring (bicyclic) bond motifs is 1. The Labute approximate surface area is 116 Å². The molecule has 2 heterocycles. The molecular formula is C15H14N4O. The molecule has 0 unspecified atom stereocenters. The molecule has 2 aromatic heterocycles. The summed E-state index contributed by atoms with van der Waals surface area (Å²) in [4.78, 5) is 12.6. The number of pyridine rings is 1. The maximum Gasteiger partial charge on any atom is 0.164 e. The number of aromatic nitrogens is 3. The van der Waals surface area contributed by atoms with E-state index in [1.54, 1.807) is 6.20 Å². The van der Waals surface area contributed by atoms with Crippen molar-refractivity contribution in [3.8, 4) is 0 Å². The monoisotopic (exact) mass is 266 g/mol. The summed E-state index contributed by atoms with van der Waals surface area (Å²) in [6, 6.07) is 11.6. The molecule has 20 heavy (non-hydrogen) atoms. The highest BCUT2D eigenvalue weighted by molar-refractivity contribution is 5.85. The second-order valence-electron chi connectivity index (χ2n) is 4.38. The van der Waals surface area contributed by atoms with Gasteiger partial charge in [0, 0.05) is 12.7 Å². The van der Waals surface area contributed by atoms with Crippen LogP contribution >= 0.6 is 0 Å². The molecule has 0 aliphatic rings. The average Bonchev–Trinajstić information content (AvgIpc) is 2.53. The van der Waals surface area contributed by atoms with Gasteiger partial charge in [0.15, 0.2) is 5.65 Å². The molecule has 0 atom stereocenters. The molecule has 5 heteroatoms. The van der Waals surface area contributed by atoms with Crippen LogP contribution in [0.3, 0.4) is 0 Å². The molecule has 0 amide bonds. The standard InChI is InChI=1S/C15H14N4O/c20-9-12-5-2-1-4-11(12)8-17-15-13-6-3-7-16-14(13)18-10-19-15/h1-7,10,20H,8-9H2,(H,16,17,18,19). The van der Waals surface area contributed by atoms with Gasteiger partial charge in [0.1, 0.15) is 12.1 Å². The summed E-state index contributed by atoms with van der Waals surface area (Å²) >= 11 is 0. The smallest absolute Gasteiger partial charge is 0.164 e. The summed E-state index contributed by atoms with van der Waals surface area (Å²) in [5.74, 6) is 0.746. The van der Waals surface area contributed by atoms with Crippen molar-refractivity contribution in [1.82, 2.24) is 15.0 Å². The van der Waals surface area contributed by atoms with Crippen LogP contribution in [0.25, 0.3) is 11.0 Å². The van der Waals surface area contributed by atoms with E-state index in [4.69, 9.17) is 0 Å². The number of benzene rings is 1. The van der Waals surface area contributed by atoms with Gasteiger partial charge in [0.25, 0.3) is 0 Å². The normalized spacial score (nSPS) is 10.7. The summed E-state index contributed by atoms with van der Waals surface area (Å²) in [5, 5.41) is 13.5. The van der Waals surface area contributed by atoms with Crippen LogP contribution in [0.15, 0.2) is 48.9 Å². The van der Waals surface area contributed by atoms with Crippen molar-refractivity contribution < 1.29 is 5.11 Å². The lowest BCUT2D eigenvalue weighted by atomic mass is 10.1. The average molecular weight is 266 g/mol. The second-order valence-corrected chi connectivity index (χ2v) is 4.38. The SMILES string of the molecule is OCc1ccccc1CNc1ncnc2ncccc12. The van der Waals surface area contributed by atoms with Crippen molar-refractivity contribution in [2.75, 3.05) is 5.32 Å². The van der Waals surface area contributed by atoms with Crippen molar-refractivity contribution in [3.05, 3.63) is 60.0 Å². The van der Waals surface area contributed by atoms with E-state index in [-0.39, 0.29) is 6.61 Å². The van der Waals surface area contributed by atoms with Gasteiger partial charge in [0.2, 0.25) is 0 Å². The molecule has 3 rings (SSSR count). The molecule has 0 aliphatic carbocycles. The minimum atomic E-state index is 0.0317. The third kappa shape index (κ3) is 2.44. The summed E-state index contributed by atoms with van der Waals surface area (Å²) in [5.41, 5.74) is 2.63. The lowest BCUT2D eigenvalue weighted by Crippen LogP contribution is -2.05. The Balaban J connectivity index is 1.87. The third-order valence-electron chi connectivity index (χ3n) is 3.14. The summed E-state index contributed by atoms with van der Waals surface area (Å²) in [7, 11) is 0. The number of nitrogens with zero attached hydrogens (tertiary/aromatic N) is 3. The van der Waals surface area contributed by atoms with Crippen LogP contribution < -0.4 is 5.32 Å². The first-order valence-corrected chi connectivity index (χ1v) is 6.35. The first-order valence-electron chi connectivity index (χ1n) is 6.35. The Bertz CT molecular complexity index is 724. The fourth-order valence-corrected chi connectivity index (χ4v) is 2.10. The molecule has 0 aliphatic heterocycles. The molecule has 0 saturated carbocycles. The van der Waals surface area contributed by atoms with Gasteiger partial charge in [-0.25, -0.2) is 15.0 Å². The van der Waals surface area contributed by atoms with Gasteiger partial charge in [-0.3, -0.25) is 0 Å². The molecule has 3 aromatic rings. The van der Waals surface area contributed by atoms with Crippen molar-refractivity contribution in [1.29, 1.82) is 0 Å². The highest BCUT2D eigenvalue weighted by Crippen LogP contribution is 2.18. The minimum Gasteiger partial charge on any atom is -0.392 e. The Kier molecular flexibility index (Phi) is 3.52. The zero-order valence-corrected chi connectivity index (χ0v) is 10.8. The van der Waals surface area contributed by atoms with E-state index in [0.29, 0.717) is 12.2 Å². The molecule has 0 spiro atoms. The number of nitrogens with one attached hydrogen (secondary N) is 1. The summed E-state index contributed by atoms with van der Waals surface area (Å²) < 4.78 is 0. The van der Waals surface area contributed by atoms with E-state index in [1.807, 2.05) is 36.4 Å². The van der Waals surface area contributed by atoms with Gasteiger partial charge in [-0.05, 0) is 23.3 Å². The Morgan fingerprint density at radius 1 is 0.950 bits per heavy atom. The number of aliphatic hydroxyl groups is 1. The molecule has 2 N–H and O–H groups in total. The summed E-state index contributed by atoms with van der Waals surface area (Å²) in [6.07, 6.45) is 3.20. The highest BCUT2D eigenvalue weighted by Gasteiger charge is 2.05. The van der Waals surface area contributed by atoms with E-state index in [1.165, 1.54) is 6.33 Å². The van der Waals surface area contributed by atoms with Gasteiger partial charge in [-0.2, -0.15) is 0 Å². The predicted octanol–water partition coefficient (Wildman–Crippen LogP) is 2.13. The van der Waals surface area contributed by atoms with Crippen LogP contribution in [-0.4, -0.2) is 20.1 Å². The van der Waals surface area contributed by atoms with E-state index in [0.717, 1.165) is 22.3 Å². The number of hydrogen-bond donors (Lipinski definition) is 2. The fourth-order valence-electron chi connectivity index (χ4n) is 2.10. The molecule has 1 aromatic carbocycles. The molecule has 0 radical (unpaired) electrons. The lowest BCUT2D eigenvalue weighted by molar-refractivity contribution is 0.280. The van der Waals surface area contributed by atoms with Crippen molar-refractivity contribution in [2.24, 2.45) is 0 Å². The maximum atomic E-state index is 9.32. The van der Waals surface area contributed by atoms with Crippen LogP contribution in [0.1, 0.15) is 11.1 Å². The molecule has 0 bridgehead atoms. The van der Waals surface area contributed by atoms with Crippen LogP contribution in [-0.2, 0) is 13.2 Å². The van der Waals surface area contributed by atoms with Gasteiger partial charge in [-0.1, -0.05) is 24.3 Å². The van der Waals surface area contributed by atoms with Gasteiger partial charge in [-0.15, -0.1) is 0 Å². The van der Waals surface area contributed by atoms with Crippen LogP contribution in [0.4, 0.5) is 5.82 Å². The van der Waals surface area contributed by atoms with Crippen LogP contribution in [0.2, 0.25) is 0 Å². The number of hydrogen-bond acceptors (Lipinski definition) is 5. The Morgan fingerprint density at radius 3 is 2.65 bits per heavy atom.